The lowest BCUT2D eigenvalue weighted by Gasteiger charge is -2.12. The number of nitrogens with one attached hydrogen (secondary N) is 3. The Morgan fingerprint density at radius 3 is 2.93 bits per heavy atom. The lowest BCUT2D eigenvalue weighted by Crippen LogP contribution is -2.41. The number of nitrogens with zero attached hydrogens (tertiary/aromatic N) is 2. The van der Waals surface area contributed by atoms with Crippen LogP contribution in [0.25, 0.3) is 0 Å². The molecule has 1 rings (SSSR count). The van der Waals surface area contributed by atoms with Gasteiger partial charge in [-0.05, 0) is 0 Å². The van der Waals surface area contributed by atoms with E-state index in [9.17, 15) is 4.79 Å². The van der Waals surface area contributed by atoms with Crippen molar-refractivity contribution in [2.75, 3.05) is 40.3 Å². The Kier molecular flexibility index (Phi) is 4.03. The van der Waals surface area contributed by atoms with Gasteiger partial charge in [0, 0.05) is 33.7 Å². The summed E-state index contributed by atoms with van der Waals surface area (Å²) in [5, 5.41) is 8.91. The number of guanidine groups is 1. The molecule has 0 fully saturated rings. The molecular weight excluding hydrogens is 182 g/mol. The number of hydrogen-bond acceptors (Lipinski definition) is 4. The molecule has 0 aromatic heterocycles. The van der Waals surface area contributed by atoms with Crippen molar-refractivity contribution >= 4 is 12.0 Å². The van der Waals surface area contributed by atoms with Crippen LogP contribution in [0.15, 0.2) is 4.99 Å². The Morgan fingerprint density at radius 2 is 2.36 bits per heavy atom. The highest BCUT2D eigenvalue weighted by Crippen LogP contribution is 1.80. The zero-order chi connectivity index (χ0) is 10.4. The van der Waals surface area contributed by atoms with E-state index in [4.69, 9.17) is 0 Å². The maximum absolute atomic E-state index is 11.1. The number of hydrogen-bond donors (Lipinski definition) is 3. The van der Waals surface area contributed by atoms with Crippen molar-refractivity contribution in [3.05, 3.63) is 0 Å². The van der Waals surface area contributed by atoms with Gasteiger partial charge < -0.3 is 20.9 Å². The fourth-order valence-electron chi connectivity index (χ4n) is 1.02. The first-order valence-corrected chi connectivity index (χ1v) is 4.67. The molecule has 2 amide bonds. The molecule has 0 bridgehead atoms. The quantitative estimate of drug-likeness (QED) is 0.500. The van der Waals surface area contributed by atoms with Gasteiger partial charge in [-0.3, -0.25) is 4.99 Å². The summed E-state index contributed by atoms with van der Waals surface area (Å²) in [6.07, 6.45) is 0. The van der Waals surface area contributed by atoms with Crippen LogP contribution in [0.4, 0.5) is 4.79 Å². The molecule has 1 heterocycles. The average Bonchev–Trinajstić information content (AvgIpc) is 2.64. The van der Waals surface area contributed by atoms with E-state index in [0.717, 1.165) is 19.0 Å². The fraction of sp³-hybridized carbons (Fsp3) is 0.750. The maximum Gasteiger partial charge on any atom is 0.316 e. The van der Waals surface area contributed by atoms with Gasteiger partial charge in [-0.2, -0.15) is 0 Å². The monoisotopic (exact) mass is 199 g/mol. The van der Waals surface area contributed by atoms with Crippen LogP contribution in [0.3, 0.4) is 0 Å². The van der Waals surface area contributed by atoms with E-state index in [1.54, 1.807) is 14.1 Å². The van der Waals surface area contributed by atoms with Gasteiger partial charge in [0.1, 0.15) is 0 Å². The predicted octanol–water partition coefficient (Wildman–Crippen LogP) is -1.19. The van der Waals surface area contributed by atoms with E-state index in [1.165, 1.54) is 4.90 Å². The molecule has 0 saturated carbocycles. The maximum atomic E-state index is 11.1. The van der Waals surface area contributed by atoms with Crippen LogP contribution in [0.1, 0.15) is 0 Å². The minimum absolute atomic E-state index is 0.0758. The highest BCUT2D eigenvalue weighted by molar-refractivity contribution is 5.81. The Bertz CT molecular complexity index is 226. The summed E-state index contributed by atoms with van der Waals surface area (Å²) in [7, 11) is 3.43. The van der Waals surface area contributed by atoms with E-state index in [0.29, 0.717) is 13.1 Å². The number of carbonyl (C=O) groups excluding carboxylic acids is 1. The van der Waals surface area contributed by atoms with Crippen LogP contribution in [-0.4, -0.2) is 57.2 Å². The van der Waals surface area contributed by atoms with Crippen LogP contribution in [0.2, 0.25) is 0 Å². The summed E-state index contributed by atoms with van der Waals surface area (Å²) in [6.45, 7) is 3.00. The Hall–Kier alpha value is -1.46. The third-order valence-corrected chi connectivity index (χ3v) is 1.77. The van der Waals surface area contributed by atoms with E-state index in [-0.39, 0.29) is 6.03 Å². The SMILES string of the molecule is CN(C)C(=O)NCCNC1=NCCN1. The molecule has 0 aliphatic carbocycles. The van der Waals surface area contributed by atoms with Gasteiger partial charge >= 0.3 is 6.03 Å². The van der Waals surface area contributed by atoms with E-state index in [1.807, 2.05) is 0 Å². The van der Waals surface area contributed by atoms with Gasteiger partial charge in [0.25, 0.3) is 0 Å². The minimum Gasteiger partial charge on any atom is -0.355 e. The van der Waals surface area contributed by atoms with Crippen LogP contribution >= 0.6 is 0 Å². The van der Waals surface area contributed by atoms with Crippen molar-refractivity contribution in [3.63, 3.8) is 0 Å². The lowest BCUT2D eigenvalue weighted by molar-refractivity contribution is 0.217. The van der Waals surface area contributed by atoms with E-state index < -0.39 is 0 Å². The van der Waals surface area contributed by atoms with Gasteiger partial charge in [-0.25, -0.2) is 4.79 Å². The molecule has 0 atom stereocenters. The van der Waals surface area contributed by atoms with Gasteiger partial charge in [-0.15, -0.1) is 0 Å². The molecule has 14 heavy (non-hydrogen) atoms. The molecule has 6 nitrogen and oxygen atoms in total. The number of rotatable bonds is 3. The molecule has 1 aliphatic rings. The predicted molar refractivity (Wildman–Crippen MR) is 55.4 cm³/mol. The minimum atomic E-state index is -0.0758. The first-order chi connectivity index (χ1) is 6.70. The zero-order valence-corrected chi connectivity index (χ0v) is 8.63. The van der Waals surface area contributed by atoms with Crippen molar-refractivity contribution in [1.82, 2.24) is 20.9 Å². The summed E-state index contributed by atoms with van der Waals surface area (Å²) in [4.78, 5) is 16.7. The molecule has 80 valence electrons. The Labute approximate surface area is 83.8 Å². The van der Waals surface area contributed by atoms with Crippen molar-refractivity contribution in [1.29, 1.82) is 0 Å². The van der Waals surface area contributed by atoms with Crippen molar-refractivity contribution in [3.8, 4) is 0 Å². The molecule has 3 N–H and O–H groups in total. The summed E-state index contributed by atoms with van der Waals surface area (Å²) in [5.74, 6) is 0.823. The van der Waals surface area contributed by atoms with E-state index >= 15 is 0 Å². The first-order valence-electron chi connectivity index (χ1n) is 4.67. The highest BCUT2D eigenvalue weighted by atomic mass is 16.2. The number of aliphatic imine (C=N–C) groups is 1. The van der Waals surface area contributed by atoms with Crippen molar-refractivity contribution in [2.24, 2.45) is 4.99 Å². The second-order valence-corrected chi connectivity index (χ2v) is 3.21. The molecule has 1 aliphatic heterocycles. The first kappa shape index (κ1) is 10.6. The fourth-order valence-corrected chi connectivity index (χ4v) is 1.02. The van der Waals surface area contributed by atoms with Gasteiger partial charge in [0.05, 0.1) is 6.54 Å². The van der Waals surface area contributed by atoms with Crippen LogP contribution in [0.5, 0.6) is 0 Å². The largest absolute Gasteiger partial charge is 0.355 e. The zero-order valence-electron chi connectivity index (χ0n) is 8.63. The number of amides is 2. The van der Waals surface area contributed by atoms with Crippen molar-refractivity contribution < 1.29 is 4.79 Å². The Morgan fingerprint density at radius 1 is 1.57 bits per heavy atom. The highest BCUT2D eigenvalue weighted by Gasteiger charge is 2.04. The van der Waals surface area contributed by atoms with Gasteiger partial charge in [0.15, 0.2) is 5.96 Å². The van der Waals surface area contributed by atoms with Crippen LogP contribution in [0, 0.1) is 0 Å². The summed E-state index contributed by atoms with van der Waals surface area (Å²) in [5.41, 5.74) is 0. The van der Waals surface area contributed by atoms with Crippen LogP contribution < -0.4 is 16.0 Å². The van der Waals surface area contributed by atoms with E-state index in [2.05, 4.69) is 20.9 Å². The third kappa shape index (κ3) is 3.51. The molecule has 0 aromatic rings. The normalized spacial score (nSPS) is 14.3. The van der Waals surface area contributed by atoms with Gasteiger partial charge in [0.2, 0.25) is 0 Å². The average molecular weight is 199 g/mol. The van der Waals surface area contributed by atoms with Crippen molar-refractivity contribution in [2.45, 2.75) is 0 Å². The standard InChI is InChI=1S/C8H17N5O/c1-13(2)8(14)12-6-5-11-7-9-3-4-10-7/h3-6H2,1-2H3,(H,12,14)(H2,9,10,11). The third-order valence-electron chi connectivity index (χ3n) is 1.77. The van der Waals surface area contributed by atoms with Gasteiger partial charge in [-0.1, -0.05) is 0 Å². The molecule has 0 saturated heterocycles. The smallest absolute Gasteiger partial charge is 0.316 e. The number of carbonyl (C=O) groups is 1. The molecular formula is C8H17N5O. The molecule has 0 aromatic carbocycles. The summed E-state index contributed by atoms with van der Waals surface area (Å²) in [6, 6.07) is -0.0758. The molecule has 0 radical (unpaired) electrons. The summed E-state index contributed by atoms with van der Waals surface area (Å²) >= 11 is 0. The summed E-state index contributed by atoms with van der Waals surface area (Å²) < 4.78 is 0. The lowest BCUT2D eigenvalue weighted by atomic mass is 10.6. The molecule has 0 spiro atoms. The molecule has 0 unspecified atom stereocenters. The Balaban J connectivity index is 2.01. The second kappa shape index (κ2) is 5.31. The second-order valence-electron chi connectivity index (χ2n) is 3.21. The topological polar surface area (TPSA) is 68.8 Å². The molecule has 6 heteroatoms. The van der Waals surface area contributed by atoms with Crippen LogP contribution in [-0.2, 0) is 0 Å². The number of urea groups is 1.